The summed E-state index contributed by atoms with van der Waals surface area (Å²) in [5.41, 5.74) is 0.773. The molecule has 1 saturated heterocycles. The number of carbonyl (C=O) groups excluding carboxylic acids is 1. The molecule has 1 aliphatic carbocycles. The lowest BCUT2D eigenvalue weighted by Crippen LogP contribution is -2.51. The first-order valence-electron chi connectivity index (χ1n) is 8.95. The molecule has 9 heteroatoms. The highest BCUT2D eigenvalue weighted by Crippen LogP contribution is 2.38. The zero-order chi connectivity index (χ0) is 18.4. The van der Waals surface area contributed by atoms with E-state index >= 15 is 0 Å². The number of nitrogens with one attached hydrogen (secondary N) is 1. The number of anilines is 1. The molecule has 1 N–H and O–H groups in total. The summed E-state index contributed by atoms with van der Waals surface area (Å²) in [6.07, 6.45) is 7.92. The van der Waals surface area contributed by atoms with Crippen molar-refractivity contribution >= 4 is 27.2 Å². The van der Waals surface area contributed by atoms with E-state index in [0.717, 1.165) is 24.9 Å². The lowest BCUT2D eigenvalue weighted by Gasteiger charge is -2.30. The standard InChI is InChI=1S/C17H23N5O3S/c1-26(24,25)17(7-2-3-8-17)16(23)21-10-6-13(12-21)19-14-4-5-15-18-9-11-22(15)20-14/h4-5,9,11,13H,2-3,6-8,10,12H2,1H3,(H,19,20)/t13-/m0/s1. The minimum Gasteiger partial charge on any atom is -0.364 e. The molecule has 2 aromatic heterocycles. The number of rotatable bonds is 4. The van der Waals surface area contributed by atoms with Crippen LogP contribution in [0.4, 0.5) is 5.82 Å². The van der Waals surface area contributed by atoms with Gasteiger partial charge in [-0.3, -0.25) is 4.79 Å². The Bertz CT molecular complexity index is 933. The fourth-order valence-corrected chi connectivity index (χ4v) is 5.62. The van der Waals surface area contributed by atoms with Gasteiger partial charge in [0.1, 0.15) is 5.82 Å². The minimum absolute atomic E-state index is 0.0606. The van der Waals surface area contributed by atoms with Crippen LogP contribution in [0.15, 0.2) is 24.5 Å². The maximum atomic E-state index is 13.0. The predicted molar refractivity (Wildman–Crippen MR) is 97.6 cm³/mol. The molecule has 2 aliphatic rings. The molecule has 0 bridgehead atoms. The summed E-state index contributed by atoms with van der Waals surface area (Å²) in [6, 6.07) is 3.80. The van der Waals surface area contributed by atoms with Crippen LogP contribution in [0.5, 0.6) is 0 Å². The van der Waals surface area contributed by atoms with Gasteiger partial charge in [0, 0.05) is 37.8 Å². The van der Waals surface area contributed by atoms with Crippen LogP contribution in [0.1, 0.15) is 32.1 Å². The Morgan fingerprint density at radius 1 is 1.31 bits per heavy atom. The lowest BCUT2D eigenvalue weighted by molar-refractivity contribution is -0.132. The van der Waals surface area contributed by atoms with Gasteiger partial charge in [-0.1, -0.05) is 12.8 Å². The van der Waals surface area contributed by atoms with Crippen molar-refractivity contribution in [1.82, 2.24) is 19.5 Å². The van der Waals surface area contributed by atoms with E-state index in [9.17, 15) is 13.2 Å². The van der Waals surface area contributed by atoms with Crippen LogP contribution in [0, 0.1) is 0 Å². The van der Waals surface area contributed by atoms with E-state index in [4.69, 9.17) is 0 Å². The number of imidazole rings is 1. The van der Waals surface area contributed by atoms with Gasteiger partial charge in [-0.05, 0) is 31.4 Å². The molecule has 0 unspecified atom stereocenters. The molecule has 2 aromatic rings. The first-order valence-corrected chi connectivity index (χ1v) is 10.8. The summed E-state index contributed by atoms with van der Waals surface area (Å²) >= 11 is 0. The van der Waals surface area contributed by atoms with Crippen molar-refractivity contribution < 1.29 is 13.2 Å². The summed E-state index contributed by atoms with van der Waals surface area (Å²) in [5, 5.41) is 7.79. The normalized spacial score (nSPS) is 22.8. The number of amides is 1. The zero-order valence-corrected chi connectivity index (χ0v) is 15.6. The van der Waals surface area contributed by atoms with Gasteiger partial charge in [-0.25, -0.2) is 17.9 Å². The van der Waals surface area contributed by atoms with E-state index in [1.54, 1.807) is 21.8 Å². The Morgan fingerprint density at radius 3 is 2.81 bits per heavy atom. The molecule has 1 atom stereocenters. The minimum atomic E-state index is -3.43. The van der Waals surface area contributed by atoms with Gasteiger partial charge in [0.15, 0.2) is 20.2 Å². The lowest BCUT2D eigenvalue weighted by atomic mass is 10.1. The van der Waals surface area contributed by atoms with Crippen molar-refractivity contribution in [2.75, 3.05) is 24.7 Å². The second-order valence-corrected chi connectivity index (χ2v) is 9.63. The van der Waals surface area contributed by atoms with Crippen LogP contribution in [-0.2, 0) is 14.6 Å². The monoisotopic (exact) mass is 377 g/mol. The SMILES string of the molecule is CS(=O)(=O)C1(C(=O)N2CC[C@H](Nc3ccc4nccn4n3)C2)CCCC1. The van der Waals surface area contributed by atoms with Crippen LogP contribution >= 0.6 is 0 Å². The van der Waals surface area contributed by atoms with E-state index < -0.39 is 14.6 Å². The third kappa shape index (κ3) is 2.84. The van der Waals surface area contributed by atoms with E-state index in [1.807, 2.05) is 12.1 Å². The van der Waals surface area contributed by atoms with E-state index in [2.05, 4.69) is 15.4 Å². The molecule has 1 amide bonds. The largest absolute Gasteiger partial charge is 0.364 e. The van der Waals surface area contributed by atoms with E-state index in [-0.39, 0.29) is 11.9 Å². The van der Waals surface area contributed by atoms with Crippen LogP contribution in [-0.4, -0.2) is 64.0 Å². The van der Waals surface area contributed by atoms with Crippen molar-refractivity contribution in [3.8, 4) is 0 Å². The van der Waals surface area contributed by atoms with Gasteiger partial charge in [0.25, 0.3) is 0 Å². The number of nitrogens with zero attached hydrogens (tertiary/aromatic N) is 4. The van der Waals surface area contributed by atoms with Crippen LogP contribution in [0.2, 0.25) is 0 Å². The van der Waals surface area contributed by atoms with E-state index in [0.29, 0.717) is 31.7 Å². The molecule has 1 aliphatic heterocycles. The fraction of sp³-hybridized carbons (Fsp3) is 0.588. The highest BCUT2D eigenvalue weighted by atomic mass is 32.2. The highest BCUT2D eigenvalue weighted by Gasteiger charge is 2.52. The van der Waals surface area contributed by atoms with Gasteiger partial charge in [0.2, 0.25) is 5.91 Å². The molecule has 0 aromatic carbocycles. The summed E-state index contributed by atoms with van der Waals surface area (Å²) in [6.45, 7) is 1.07. The maximum absolute atomic E-state index is 13.0. The van der Waals surface area contributed by atoms with Crippen LogP contribution in [0.3, 0.4) is 0 Å². The number of likely N-dealkylation sites (tertiary alicyclic amines) is 1. The molecule has 8 nitrogen and oxygen atoms in total. The van der Waals surface area contributed by atoms with Gasteiger partial charge in [0.05, 0.1) is 0 Å². The zero-order valence-electron chi connectivity index (χ0n) is 14.8. The Morgan fingerprint density at radius 2 is 2.08 bits per heavy atom. The van der Waals surface area contributed by atoms with E-state index in [1.165, 1.54) is 6.26 Å². The Kier molecular flexibility index (Phi) is 4.13. The molecular weight excluding hydrogens is 354 g/mol. The molecular formula is C17H23N5O3S. The third-order valence-electron chi connectivity index (χ3n) is 5.59. The molecule has 0 radical (unpaired) electrons. The van der Waals surface area contributed by atoms with Crippen molar-refractivity contribution in [1.29, 1.82) is 0 Å². The highest BCUT2D eigenvalue weighted by molar-refractivity contribution is 7.92. The maximum Gasteiger partial charge on any atom is 0.244 e. The Balaban J connectivity index is 1.46. The predicted octanol–water partition coefficient (Wildman–Crippen LogP) is 1.10. The average Bonchev–Trinajstić information content (AvgIpc) is 3.33. The number of aromatic nitrogens is 3. The molecule has 26 heavy (non-hydrogen) atoms. The first-order chi connectivity index (χ1) is 12.4. The van der Waals surface area contributed by atoms with Crippen molar-refractivity contribution in [3.05, 3.63) is 24.5 Å². The summed E-state index contributed by atoms with van der Waals surface area (Å²) < 4.78 is 25.2. The van der Waals surface area contributed by atoms with Gasteiger partial charge in [-0.2, -0.15) is 0 Å². The Labute approximate surface area is 152 Å². The van der Waals surface area contributed by atoms with Crippen LogP contribution in [0.25, 0.3) is 5.65 Å². The van der Waals surface area contributed by atoms with Crippen molar-refractivity contribution in [3.63, 3.8) is 0 Å². The molecule has 3 heterocycles. The number of hydrogen-bond acceptors (Lipinski definition) is 6. The number of sulfone groups is 1. The molecule has 4 rings (SSSR count). The van der Waals surface area contributed by atoms with Crippen molar-refractivity contribution in [2.24, 2.45) is 0 Å². The van der Waals surface area contributed by atoms with Crippen LogP contribution < -0.4 is 5.32 Å². The second-order valence-electron chi connectivity index (χ2n) is 7.30. The second kappa shape index (κ2) is 6.22. The smallest absolute Gasteiger partial charge is 0.244 e. The number of hydrogen-bond donors (Lipinski definition) is 1. The third-order valence-corrected chi connectivity index (χ3v) is 7.60. The Hall–Kier alpha value is -2.16. The molecule has 1 saturated carbocycles. The topological polar surface area (TPSA) is 96.7 Å². The fourth-order valence-electron chi connectivity index (χ4n) is 4.14. The van der Waals surface area contributed by atoms with Crippen molar-refractivity contribution in [2.45, 2.75) is 42.9 Å². The van der Waals surface area contributed by atoms with Gasteiger partial charge >= 0.3 is 0 Å². The summed E-state index contributed by atoms with van der Waals surface area (Å²) in [5.74, 6) is 0.494. The summed E-state index contributed by atoms with van der Waals surface area (Å²) in [7, 11) is -3.43. The number of carbonyl (C=O) groups is 1. The molecule has 0 spiro atoms. The quantitative estimate of drug-likeness (QED) is 0.857. The number of fused-ring (bicyclic) bond motifs is 1. The summed E-state index contributed by atoms with van der Waals surface area (Å²) in [4.78, 5) is 18.9. The van der Waals surface area contributed by atoms with Gasteiger partial charge < -0.3 is 10.2 Å². The molecule has 2 fully saturated rings. The average molecular weight is 377 g/mol. The van der Waals surface area contributed by atoms with Gasteiger partial charge in [-0.15, -0.1) is 5.10 Å². The molecule has 140 valence electrons. The first kappa shape index (κ1) is 17.3.